The van der Waals surface area contributed by atoms with E-state index in [-0.39, 0.29) is 66.5 Å². The van der Waals surface area contributed by atoms with Gasteiger partial charge in [0.2, 0.25) is 23.6 Å². The first-order chi connectivity index (χ1) is 25.1. The van der Waals surface area contributed by atoms with Gasteiger partial charge in [0.25, 0.3) is 0 Å². The first-order valence-electron chi connectivity index (χ1n) is 18.7. The Kier molecular flexibility index (Phi) is 24.6. The largest absolute Gasteiger partial charge is 0.400 e. The Bertz CT molecular complexity index is 1250. The van der Waals surface area contributed by atoms with E-state index in [1.165, 1.54) is 44.9 Å². The van der Waals surface area contributed by atoms with Gasteiger partial charge in [-0.15, -0.1) is 0 Å². The number of carbonyl (C=O) groups is 5. The topological polar surface area (TPSA) is 167 Å². The molecule has 1 aromatic rings. The molecule has 1 saturated heterocycles. The number of ketones is 1. The minimum Gasteiger partial charge on any atom is -0.400 e. The molecule has 4 amide bonds. The van der Waals surface area contributed by atoms with E-state index in [0.717, 1.165) is 20.0 Å². The average Bonchev–Trinajstić information content (AvgIpc) is 3.63. The molecule has 1 aliphatic heterocycles. The van der Waals surface area contributed by atoms with Crippen LogP contribution in [-0.4, -0.2) is 130 Å². The normalized spacial score (nSPS) is 17.1. The number of nitrogens with one attached hydrogen (secondary N) is 3. The third kappa shape index (κ3) is 15.4. The van der Waals surface area contributed by atoms with E-state index in [4.69, 9.17) is 14.6 Å². The Labute approximate surface area is 317 Å². The van der Waals surface area contributed by atoms with Crippen molar-refractivity contribution in [2.45, 2.75) is 111 Å². The van der Waals surface area contributed by atoms with Gasteiger partial charge >= 0.3 is 0 Å². The Morgan fingerprint density at radius 1 is 0.943 bits per heavy atom. The number of nitrogens with zero attached hydrogens (tertiary/aromatic N) is 2. The quantitative estimate of drug-likeness (QED) is 0.155. The van der Waals surface area contributed by atoms with Crippen molar-refractivity contribution in [3.05, 3.63) is 35.6 Å². The third-order valence-electron chi connectivity index (χ3n) is 9.57. The van der Waals surface area contributed by atoms with Crippen LogP contribution in [0.3, 0.4) is 0 Å². The van der Waals surface area contributed by atoms with Crippen molar-refractivity contribution in [2.75, 3.05) is 55.1 Å². The lowest BCUT2D eigenvalue weighted by Crippen LogP contribution is -2.55. The second-order valence-electron chi connectivity index (χ2n) is 13.7. The molecule has 53 heavy (non-hydrogen) atoms. The average molecular weight is 754 g/mol. The van der Waals surface area contributed by atoms with Gasteiger partial charge in [-0.05, 0) is 56.0 Å². The molecule has 4 N–H and O–H groups in total. The van der Waals surface area contributed by atoms with E-state index < -0.39 is 41.9 Å². The maximum absolute atomic E-state index is 13.9. The number of aliphatic hydroxyl groups excluding tert-OH is 1. The first-order valence-corrected chi connectivity index (χ1v) is 18.7. The molecule has 304 valence electrons. The zero-order chi connectivity index (χ0) is 40.8. The molecule has 0 radical (unpaired) electrons. The summed E-state index contributed by atoms with van der Waals surface area (Å²) in [5.41, 5.74) is 0.286. The van der Waals surface area contributed by atoms with Crippen LogP contribution < -0.4 is 16.0 Å². The lowest BCUT2D eigenvalue weighted by molar-refractivity contribution is -0.145. The molecule has 1 aliphatic rings. The molecule has 2 rings (SSSR count). The Hall–Kier alpha value is -3.46. The van der Waals surface area contributed by atoms with E-state index >= 15 is 0 Å². The zero-order valence-electron chi connectivity index (χ0n) is 34.2. The van der Waals surface area contributed by atoms with Gasteiger partial charge in [0.05, 0.1) is 55.8 Å². The maximum Gasteiger partial charge on any atom is 0.242 e. The Morgan fingerprint density at radius 2 is 1.51 bits per heavy atom. The number of likely N-dealkylation sites (tertiary alicyclic amines) is 1. The van der Waals surface area contributed by atoms with Gasteiger partial charge in [0.15, 0.2) is 5.78 Å². The molecule has 0 aromatic heterocycles. The fourth-order valence-corrected chi connectivity index (χ4v) is 6.56. The lowest BCUT2D eigenvalue weighted by Gasteiger charge is -2.39. The molecule has 0 aliphatic carbocycles. The highest BCUT2D eigenvalue weighted by molar-refractivity contribution is 5.99. The van der Waals surface area contributed by atoms with E-state index in [2.05, 4.69) is 29.8 Å². The van der Waals surface area contributed by atoms with Gasteiger partial charge in [-0.2, -0.15) is 0 Å². The van der Waals surface area contributed by atoms with Crippen LogP contribution in [0.15, 0.2) is 24.3 Å². The number of hydrogen-bond acceptors (Lipinski definition) is 9. The van der Waals surface area contributed by atoms with Crippen LogP contribution in [-0.2, 0) is 28.7 Å². The summed E-state index contributed by atoms with van der Waals surface area (Å²) in [7, 11) is 7.38. The number of hydrogen-bond donors (Lipinski definition) is 4. The molecule has 0 saturated carbocycles. The summed E-state index contributed by atoms with van der Waals surface area (Å²) in [6.45, 7) is 13.8. The standard InChI is InChI=1S/C35H56FN5O7.C3H8.CH4O/c1-10-22(4)32(40(7)30(44)20-39-35(46)31(37-6)21(2)3)28(47-8)18-29(43)41-17-11-12-26(41)33(48-9)23(5)34(45)38-19-27(42)24-13-15-25(36)16-14-24;1-3-2;1-2/h13-16,21-23,26,28,31-33,37H,10-12,17-20H2,1-9H3,(H,38,45)(H,39,46);3H2,1-2H3;2H,1H3/t22-,23?,26?,28?,31?,32?,33?;;/m0../s1. The van der Waals surface area contributed by atoms with E-state index in [1.54, 1.807) is 30.8 Å². The maximum atomic E-state index is 13.9. The highest BCUT2D eigenvalue weighted by Gasteiger charge is 2.42. The molecular formula is C39H68FN5O8. The van der Waals surface area contributed by atoms with Crippen LogP contribution in [0.4, 0.5) is 4.39 Å². The molecular weight excluding hydrogens is 685 g/mol. The minimum atomic E-state index is -0.683. The van der Waals surface area contributed by atoms with Crippen molar-refractivity contribution in [1.82, 2.24) is 25.8 Å². The lowest BCUT2D eigenvalue weighted by atomic mass is 9.90. The number of Topliss-reactive ketones (excluding diaryl/α,β-unsaturated/α-hetero) is 1. The molecule has 0 spiro atoms. The number of aliphatic hydroxyl groups is 1. The summed E-state index contributed by atoms with van der Waals surface area (Å²) >= 11 is 0. The third-order valence-corrected chi connectivity index (χ3v) is 9.57. The van der Waals surface area contributed by atoms with Gasteiger partial charge in [0.1, 0.15) is 5.82 Å². The van der Waals surface area contributed by atoms with Crippen molar-refractivity contribution in [3.8, 4) is 0 Å². The number of benzene rings is 1. The molecule has 1 aromatic carbocycles. The van der Waals surface area contributed by atoms with Gasteiger partial charge < -0.3 is 40.3 Å². The Balaban J connectivity index is 0.00000513. The van der Waals surface area contributed by atoms with Gasteiger partial charge in [-0.1, -0.05) is 61.3 Å². The number of amides is 4. The van der Waals surface area contributed by atoms with E-state index in [0.29, 0.717) is 13.0 Å². The fraction of sp³-hybridized carbons (Fsp3) is 0.718. The Morgan fingerprint density at radius 3 is 2.00 bits per heavy atom. The van der Waals surface area contributed by atoms with Crippen molar-refractivity contribution in [1.29, 1.82) is 0 Å². The number of likely N-dealkylation sites (N-methyl/N-ethyl adjacent to an activating group) is 2. The van der Waals surface area contributed by atoms with Crippen LogP contribution in [0.25, 0.3) is 0 Å². The highest BCUT2D eigenvalue weighted by atomic mass is 19.1. The zero-order valence-corrected chi connectivity index (χ0v) is 34.2. The van der Waals surface area contributed by atoms with Crippen LogP contribution in [0, 0.1) is 23.6 Å². The molecule has 7 atom stereocenters. The second-order valence-corrected chi connectivity index (χ2v) is 13.7. The number of ether oxygens (including phenoxy) is 2. The van der Waals surface area contributed by atoms with Gasteiger partial charge in [-0.3, -0.25) is 24.0 Å². The first kappa shape index (κ1) is 49.5. The van der Waals surface area contributed by atoms with Crippen LogP contribution in [0.5, 0.6) is 0 Å². The van der Waals surface area contributed by atoms with Gasteiger partial charge in [-0.25, -0.2) is 4.39 Å². The van der Waals surface area contributed by atoms with Crippen molar-refractivity contribution >= 4 is 29.4 Å². The van der Waals surface area contributed by atoms with Crippen LogP contribution in [0.1, 0.15) is 90.9 Å². The summed E-state index contributed by atoms with van der Waals surface area (Å²) in [6, 6.07) is 3.85. The van der Waals surface area contributed by atoms with Gasteiger partial charge in [0, 0.05) is 40.5 Å². The number of methoxy groups -OCH3 is 2. The molecule has 13 nitrogen and oxygen atoms in total. The predicted molar refractivity (Wildman–Crippen MR) is 205 cm³/mol. The van der Waals surface area contributed by atoms with E-state index in [1.807, 2.05) is 27.7 Å². The molecule has 0 bridgehead atoms. The summed E-state index contributed by atoms with van der Waals surface area (Å²) in [6.07, 6.45) is 2.08. The summed E-state index contributed by atoms with van der Waals surface area (Å²) in [5.74, 6) is -2.60. The van der Waals surface area contributed by atoms with Crippen LogP contribution >= 0.6 is 0 Å². The van der Waals surface area contributed by atoms with Crippen molar-refractivity contribution in [3.63, 3.8) is 0 Å². The summed E-state index contributed by atoms with van der Waals surface area (Å²) in [5, 5.41) is 15.4. The highest BCUT2D eigenvalue weighted by Crippen LogP contribution is 2.29. The SMILES string of the molecule is CCC.CC[C@H](C)C(C(CC(=O)N1CCCC1C(OC)C(C)C(=O)NCC(=O)c1ccc(F)cc1)OC)N(C)C(=O)CNC(=O)C(NC)C(C)C.CO. The number of halogens is 1. The number of carbonyl (C=O) groups excluding carboxylic acids is 5. The van der Waals surface area contributed by atoms with Crippen LogP contribution in [0.2, 0.25) is 0 Å². The predicted octanol–water partition coefficient (Wildman–Crippen LogP) is 3.43. The minimum absolute atomic E-state index is 0.00431. The summed E-state index contributed by atoms with van der Waals surface area (Å²) in [4.78, 5) is 68.8. The van der Waals surface area contributed by atoms with Crippen molar-refractivity contribution in [2.24, 2.45) is 17.8 Å². The van der Waals surface area contributed by atoms with E-state index in [9.17, 15) is 28.4 Å². The molecule has 1 fully saturated rings. The molecule has 14 heteroatoms. The van der Waals surface area contributed by atoms with Crippen molar-refractivity contribution < 1.29 is 42.9 Å². The fourth-order valence-electron chi connectivity index (χ4n) is 6.56. The smallest absolute Gasteiger partial charge is 0.242 e. The molecule has 6 unspecified atom stereocenters. The molecule has 1 heterocycles. The second kappa shape index (κ2) is 26.3. The summed E-state index contributed by atoms with van der Waals surface area (Å²) < 4.78 is 24.9. The number of rotatable bonds is 19. The monoisotopic (exact) mass is 754 g/mol.